The fourth-order valence-electron chi connectivity index (χ4n) is 1.59. The summed E-state index contributed by atoms with van der Waals surface area (Å²) < 4.78 is 4.71. The number of hydrogen-bond acceptors (Lipinski definition) is 4. The van der Waals surface area contributed by atoms with Gasteiger partial charge in [0.15, 0.2) is 0 Å². The number of imidazole rings is 1. The molecular weight excluding hydrogens is 270 g/mol. The van der Waals surface area contributed by atoms with Crippen LogP contribution in [0, 0.1) is 0 Å². The Morgan fingerprint density at radius 3 is 3.00 bits per heavy atom. The van der Waals surface area contributed by atoms with Crippen LogP contribution in [0.1, 0.15) is 17.3 Å². The van der Waals surface area contributed by atoms with Crippen LogP contribution in [0.15, 0.2) is 18.2 Å². The van der Waals surface area contributed by atoms with E-state index in [1.165, 1.54) is 0 Å². The molecule has 0 aliphatic heterocycles. The van der Waals surface area contributed by atoms with E-state index in [2.05, 4.69) is 15.3 Å². The van der Waals surface area contributed by atoms with E-state index in [1.807, 2.05) is 0 Å². The van der Waals surface area contributed by atoms with Gasteiger partial charge in [-0.25, -0.2) is 4.98 Å². The van der Waals surface area contributed by atoms with Gasteiger partial charge < -0.3 is 15.0 Å². The number of aromatic nitrogens is 2. The number of carbonyl (C=O) groups is 2. The predicted octanol–water partition coefficient (Wildman–Crippen LogP) is 1.51. The summed E-state index contributed by atoms with van der Waals surface area (Å²) in [7, 11) is 0. The number of hydrogen-bond donors (Lipinski definition) is 2. The van der Waals surface area contributed by atoms with Gasteiger partial charge in [-0.3, -0.25) is 9.59 Å². The molecule has 19 heavy (non-hydrogen) atoms. The third-order valence-electron chi connectivity index (χ3n) is 2.41. The van der Waals surface area contributed by atoms with Crippen LogP contribution in [0.3, 0.4) is 0 Å². The summed E-state index contributed by atoms with van der Waals surface area (Å²) in [6.45, 7) is 1.83. The van der Waals surface area contributed by atoms with Gasteiger partial charge >= 0.3 is 5.97 Å². The number of H-pyrrole nitrogens is 1. The Morgan fingerprint density at radius 1 is 1.47 bits per heavy atom. The van der Waals surface area contributed by atoms with Crippen molar-refractivity contribution in [2.45, 2.75) is 6.92 Å². The molecule has 2 rings (SSSR count). The first-order chi connectivity index (χ1) is 9.10. The molecule has 2 N–H and O–H groups in total. The second-order valence-electron chi connectivity index (χ2n) is 3.75. The lowest BCUT2D eigenvalue weighted by molar-refractivity contribution is -0.141. The van der Waals surface area contributed by atoms with Crippen LogP contribution in [0.2, 0.25) is 5.28 Å². The Labute approximate surface area is 114 Å². The zero-order valence-corrected chi connectivity index (χ0v) is 11.0. The number of esters is 1. The standard InChI is InChI=1S/C12H12ClN3O3/c1-2-19-10(17)6-14-11(18)7-3-4-8-9(5-7)16-12(13)15-8/h3-5H,2,6H2,1H3,(H,14,18)(H,15,16). The number of fused-ring (bicyclic) bond motifs is 1. The fourth-order valence-corrected chi connectivity index (χ4v) is 1.78. The number of carbonyl (C=O) groups excluding carboxylic acids is 2. The Hall–Kier alpha value is -2.08. The van der Waals surface area contributed by atoms with Crippen molar-refractivity contribution < 1.29 is 14.3 Å². The minimum atomic E-state index is -0.471. The van der Waals surface area contributed by atoms with Gasteiger partial charge in [0.05, 0.1) is 17.6 Å². The number of aromatic amines is 1. The van der Waals surface area contributed by atoms with Crippen LogP contribution in [-0.4, -0.2) is 35.0 Å². The predicted molar refractivity (Wildman–Crippen MR) is 70.1 cm³/mol. The highest BCUT2D eigenvalue weighted by Gasteiger charge is 2.10. The van der Waals surface area contributed by atoms with Crippen LogP contribution in [0.25, 0.3) is 11.0 Å². The minimum Gasteiger partial charge on any atom is -0.465 e. The molecule has 1 amide bonds. The summed E-state index contributed by atoms with van der Waals surface area (Å²) in [5.41, 5.74) is 1.75. The molecule has 0 unspecified atom stereocenters. The largest absolute Gasteiger partial charge is 0.465 e. The summed E-state index contributed by atoms with van der Waals surface area (Å²) in [5.74, 6) is -0.831. The maximum absolute atomic E-state index is 11.8. The van der Waals surface area contributed by atoms with Crippen molar-refractivity contribution >= 4 is 34.5 Å². The SMILES string of the molecule is CCOC(=O)CNC(=O)c1ccc2nc(Cl)[nH]c2c1. The zero-order valence-electron chi connectivity index (χ0n) is 10.2. The number of nitrogens with zero attached hydrogens (tertiary/aromatic N) is 1. The lowest BCUT2D eigenvalue weighted by Gasteiger charge is -2.04. The van der Waals surface area contributed by atoms with Crippen LogP contribution in [-0.2, 0) is 9.53 Å². The molecule has 1 heterocycles. The van der Waals surface area contributed by atoms with E-state index in [0.717, 1.165) is 0 Å². The van der Waals surface area contributed by atoms with E-state index >= 15 is 0 Å². The fraction of sp³-hybridized carbons (Fsp3) is 0.250. The first-order valence-corrected chi connectivity index (χ1v) is 6.07. The molecule has 0 spiro atoms. The maximum Gasteiger partial charge on any atom is 0.325 e. The molecule has 0 bridgehead atoms. The highest BCUT2D eigenvalue weighted by atomic mass is 35.5. The number of benzene rings is 1. The Morgan fingerprint density at radius 2 is 2.26 bits per heavy atom. The second-order valence-corrected chi connectivity index (χ2v) is 4.11. The van der Waals surface area contributed by atoms with Gasteiger partial charge in [-0.2, -0.15) is 0 Å². The summed E-state index contributed by atoms with van der Waals surface area (Å²) >= 11 is 5.72. The van der Waals surface area contributed by atoms with Crippen molar-refractivity contribution in [3.8, 4) is 0 Å². The highest BCUT2D eigenvalue weighted by Crippen LogP contribution is 2.16. The van der Waals surface area contributed by atoms with Crippen LogP contribution >= 0.6 is 11.6 Å². The molecular formula is C12H12ClN3O3. The Kier molecular flexibility index (Phi) is 4.01. The van der Waals surface area contributed by atoms with Crippen molar-refractivity contribution in [3.05, 3.63) is 29.0 Å². The molecule has 7 heteroatoms. The molecule has 1 aromatic heterocycles. The smallest absolute Gasteiger partial charge is 0.325 e. The molecule has 0 aliphatic carbocycles. The van der Waals surface area contributed by atoms with E-state index < -0.39 is 5.97 Å². The van der Waals surface area contributed by atoms with Gasteiger partial charge in [0.2, 0.25) is 5.28 Å². The average molecular weight is 282 g/mol. The first kappa shape index (κ1) is 13.4. The lowest BCUT2D eigenvalue weighted by Crippen LogP contribution is -2.30. The molecule has 0 aliphatic rings. The summed E-state index contributed by atoms with van der Waals surface area (Å²) in [5, 5.41) is 2.74. The summed E-state index contributed by atoms with van der Waals surface area (Å²) in [6.07, 6.45) is 0. The Balaban J connectivity index is 2.06. The van der Waals surface area contributed by atoms with Gasteiger partial charge in [-0.05, 0) is 36.7 Å². The van der Waals surface area contributed by atoms with Crippen LogP contribution < -0.4 is 5.32 Å². The van der Waals surface area contributed by atoms with E-state index in [0.29, 0.717) is 16.6 Å². The normalized spacial score (nSPS) is 10.4. The van der Waals surface area contributed by atoms with E-state index in [4.69, 9.17) is 16.3 Å². The van der Waals surface area contributed by atoms with E-state index in [9.17, 15) is 9.59 Å². The molecule has 0 atom stereocenters. The zero-order chi connectivity index (χ0) is 13.8. The maximum atomic E-state index is 11.8. The van der Waals surface area contributed by atoms with Gasteiger partial charge in [0, 0.05) is 5.56 Å². The monoisotopic (exact) mass is 281 g/mol. The molecule has 2 aromatic rings. The molecule has 1 aromatic carbocycles. The van der Waals surface area contributed by atoms with Crippen molar-refractivity contribution in [2.75, 3.05) is 13.2 Å². The van der Waals surface area contributed by atoms with Gasteiger partial charge in [0.25, 0.3) is 5.91 Å². The number of ether oxygens (including phenoxy) is 1. The van der Waals surface area contributed by atoms with Crippen molar-refractivity contribution in [3.63, 3.8) is 0 Å². The number of halogens is 1. The first-order valence-electron chi connectivity index (χ1n) is 5.69. The minimum absolute atomic E-state index is 0.158. The molecule has 100 valence electrons. The third-order valence-corrected chi connectivity index (χ3v) is 2.59. The van der Waals surface area contributed by atoms with Gasteiger partial charge in [0.1, 0.15) is 6.54 Å². The van der Waals surface area contributed by atoms with Crippen molar-refractivity contribution in [2.24, 2.45) is 0 Å². The molecule has 0 radical (unpaired) electrons. The molecule has 0 saturated heterocycles. The number of nitrogens with one attached hydrogen (secondary N) is 2. The second kappa shape index (κ2) is 5.71. The quantitative estimate of drug-likeness (QED) is 0.832. The van der Waals surface area contributed by atoms with E-state index in [-0.39, 0.29) is 24.3 Å². The molecule has 6 nitrogen and oxygen atoms in total. The summed E-state index contributed by atoms with van der Waals surface area (Å²) in [4.78, 5) is 29.8. The van der Waals surface area contributed by atoms with E-state index in [1.54, 1.807) is 25.1 Å². The third kappa shape index (κ3) is 3.23. The van der Waals surface area contributed by atoms with Gasteiger partial charge in [-0.1, -0.05) is 0 Å². The number of amides is 1. The average Bonchev–Trinajstić information content (AvgIpc) is 2.75. The number of rotatable bonds is 4. The van der Waals surface area contributed by atoms with Crippen molar-refractivity contribution in [1.82, 2.24) is 15.3 Å². The molecule has 0 saturated carbocycles. The van der Waals surface area contributed by atoms with Crippen molar-refractivity contribution in [1.29, 1.82) is 0 Å². The Bertz CT molecular complexity index is 624. The molecule has 0 fully saturated rings. The highest BCUT2D eigenvalue weighted by molar-refractivity contribution is 6.29. The van der Waals surface area contributed by atoms with Gasteiger partial charge in [-0.15, -0.1) is 0 Å². The summed E-state index contributed by atoms with van der Waals surface area (Å²) in [6, 6.07) is 4.91. The van der Waals surface area contributed by atoms with Crippen LogP contribution in [0.5, 0.6) is 0 Å². The topological polar surface area (TPSA) is 84.1 Å². The van der Waals surface area contributed by atoms with Crippen LogP contribution in [0.4, 0.5) is 0 Å². The lowest BCUT2D eigenvalue weighted by atomic mass is 10.2.